The fraction of sp³-hybridized carbons (Fsp3) is 0.476. The molecule has 0 spiro atoms. The molecule has 0 radical (unpaired) electrons. The quantitative estimate of drug-likeness (QED) is 0.791. The molecular weight excluding hydrogens is 358 g/mol. The van der Waals surface area contributed by atoms with Gasteiger partial charge in [-0.25, -0.2) is 4.98 Å². The first-order chi connectivity index (χ1) is 12.6. The molecule has 2 rings (SSSR count). The van der Waals surface area contributed by atoms with Crippen molar-refractivity contribution >= 4 is 23.2 Å². The number of rotatable bonds is 6. The van der Waals surface area contributed by atoms with Gasteiger partial charge in [0.1, 0.15) is 11.0 Å². The van der Waals surface area contributed by atoms with Crippen LogP contribution in [0.15, 0.2) is 29.6 Å². The van der Waals surface area contributed by atoms with Gasteiger partial charge in [-0.05, 0) is 36.0 Å². The highest BCUT2D eigenvalue weighted by molar-refractivity contribution is 7.09. The van der Waals surface area contributed by atoms with E-state index in [1.807, 2.05) is 50.4 Å². The molecule has 1 atom stereocenters. The number of amides is 2. The van der Waals surface area contributed by atoms with Crippen molar-refractivity contribution in [1.82, 2.24) is 15.6 Å². The molecule has 2 aromatic rings. The van der Waals surface area contributed by atoms with Crippen LogP contribution in [0.1, 0.15) is 61.2 Å². The van der Waals surface area contributed by atoms with Crippen molar-refractivity contribution in [3.63, 3.8) is 0 Å². The van der Waals surface area contributed by atoms with Crippen molar-refractivity contribution in [3.8, 4) is 0 Å². The number of aryl methyl sites for hydroxylation is 1. The van der Waals surface area contributed by atoms with Crippen LogP contribution in [0.5, 0.6) is 0 Å². The molecule has 1 aromatic heterocycles. The van der Waals surface area contributed by atoms with Gasteiger partial charge in [-0.2, -0.15) is 0 Å². The summed E-state index contributed by atoms with van der Waals surface area (Å²) in [5.41, 5.74) is 2.69. The Kier molecular flexibility index (Phi) is 6.76. The third kappa shape index (κ3) is 5.89. The third-order valence-electron chi connectivity index (χ3n) is 4.33. The molecule has 1 aromatic carbocycles. The van der Waals surface area contributed by atoms with Crippen LogP contribution in [0, 0.1) is 12.8 Å². The van der Waals surface area contributed by atoms with Crippen LogP contribution in [0.4, 0.5) is 0 Å². The van der Waals surface area contributed by atoms with Crippen molar-refractivity contribution in [2.45, 2.75) is 59.5 Å². The smallest absolute Gasteiger partial charge is 0.251 e. The van der Waals surface area contributed by atoms with Crippen molar-refractivity contribution < 1.29 is 9.59 Å². The van der Waals surface area contributed by atoms with Crippen molar-refractivity contribution in [2.75, 3.05) is 0 Å². The zero-order valence-corrected chi connectivity index (χ0v) is 17.7. The minimum absolute atomic E-state index is 0.0270. The second kappa shape index (κ2) is 8.65. The van der Waals surface area contributed by atoms with Gasteiger partial charge in [0, 0.05) is 16.6 Å². The van der Waals surface area contributed by atoms with Gasteiger partial charge >= 0.3 is 0 Å². The fourth-order valence-corrected chi connectivity index (χ4v) is 3.35. The summed E-state index contributed by atoms with van der Waals surface area (Å²) in [4.78, 5) is 29.5. The molecule has 0 bridgehead atoms. The fourth-order valence-electron chi connectivity index (χ4n) is 2.64. The summed E-state index contributed by atoms with van der Waals surface area (Å²) >= 11 is 1.51. The van der Waals surface area contributed by atoms with Gasteiger partial charge < -0.3 is 10.6 Å². The molecule has 2 amide bonds. The average molecular weight is 388 g/mol. The molecule has 5 nitrogen and oxygen atoms in total. The van der Waals surface area contributed by atoms with Gasteiger partial charge in [-0.3, -0.25) is 9.59 Å². The third-order valence-corrected chi connectivity index (χ3v) is 5.30. The molecule has 0 fully saturated rings. The van der Waals surface area contributed by atoms with Crippen LogP contribution in [-0.4, -0.2) is 22.8 Å². The lowest BCUT2D eigenvalue weighted by Crippen LogP contribution is -2.49. The van der Waals surface area contributed by atoms with Crippen molar-refractivity contribution in [2.24, 2.45) is 5.92 Å². The van der Waals surface area contributed by atoms with E-state index >= 15 is 0 Å². The lowest BCUT2D eigenvalue weighted by Gasteiger charge is -2.22. The second-order valence-corrected chi connectivity index (χ2v) is 9.07. The first-order valence-corrected chi connectivity index (χ1v) is 10.1. The Bertz CT molecular complexity index is 789. The highest BCUT2D eigenvalue weighted by atomic mass is 32.1. The van der Waals surface area contributed by atoms with E-state index in [-0.39, 0.29) is 23.1 Å². The Hall–Kier alpha value is -2.21. The van der Waals surface area contributed by atoms with E-state index < -0.39 is 6.04 Å². The van der Waals surface area contributed by atoms with Crippen LogP contribution in [0.25, 0.3) is 0 Å². The predicted molar refractivity (Wildman–Crippen MR) is 110 cm³/mol. The van der Waals surface area contributed by atoms with Gasteiger partial charge in [-0.15, -0.1) is 11.3 Å². The van der Waals surface area contributed by atoms with E-state index in [2.05, 4.69) is 36.4 Å². The standard InChI is InChI=1S/C21H29N3O2S/c1-13(2)18(20(26)22-11-17-23-14(3)12-27-17)24-19(25)15-7-9-16(10-8-15)21(4,5)6/h7-10,12-13,18H,11H2,1-6H3,(H,22,26)(H,24,25)/t18-/m1/s1. The maximum absolute atomic E-state index is 12.6. The molecule has 0 saturated heterocycles. The molecule has 0 unspecified atom stereocenters. The summed E-state index contributed by atoms with van der Waals surface area (Å²) in [5, 5.41) is 8.54. The number of aromatic nitrogens is 1. The van der Waals surface area contributed by atoms with Gasteiger partial charge in [0.25, 0.3) is 5.91 Å². The van der Waals surface area contributed by atoms with Crippen molar-refractivity contribution in [1.29, 1.82) is 0 Å². The first-order valence-electron chi connectivity index (χ1n) is 9.18. The minimum Gasteiger partial charge on any atom is -0.348 e. The molecule has 0 saturated carbocycles. The van der Waals surface area contributed by atoms with Crippen LogP contribution in [0.3, 0.4) is 0 Å². The Morgan fingerprint density at radius 2 is 1.78 bits per heavy atom. The van der Waals surface area contributed by atoms with Gasteiger partial charge in [0.05, 0.1) is 6.54 Å². The topological polar surface area (TPSA) is 71.1 Å². The largest absolute Gasteiger partial charge is 0.348 e. The number of benzene rings is 1. The van der Waals surface area contributed by atoms with Crippen LogP contribution < -0.4 is 10.6 Å². The zero-order valence-electron chi connectivity index (χ0n) is 16.9. The van der Waals surface area contributed by atoms with Gasteiger partial charge in [0.15, 0.2) is 0 Å². The molecule has 0 aliphatic rings. The van der Waals surface area contributed by atoms with Crippen LogP contribution >= 0.6 is 11.3 Å². The number of hydrogen-bond acceptors (Lipinski definition) is 4. The number of thiazole rings is 1. The second-order valence-electron chi connectivity index (χ2n) is 8.12. The number of carbonyl (C=O) groups is 2. The Morgan fingerprint density at radius 3 is 2.26 bits per heavy atom. The van der Waals surface area contributed by atoms with E-state index in [0.29, 0.717) is 12.1 Å². The van der Waals surface area contributed by atoms with E-state index in [0.717, 1.165) is 16.3 Å². The summed E-state index contributed by atoms with van der Waals surface area (Å²) in [5.74, 6) is -0.465. The van der Waals surface area contributed by atoms with Crippen LogP contribution in [-0.2, 0) is 16.8 Å². The molecule has 1 heterocycles. The molecule has 0 aliphatic heterocycles. The summed E-state index contributed by atoms with van der Waals surface area (Å²) in [7, 11) is 0. The zero-order chi connectivity index (χ0) is 20.2. The molecule has 6 heteroatoms. The molecule has 2 N–H and O–H groups in total. The average Bonchev–Trinajstić information content (AvgIpc) is 3.01. The Morgan fingerprint density at radius 1 is 1.15 bits per heavy atom. The van der Waals surface area contributed by atoms with E-state index in [4.69, 9.17) is 0 Å². The van der Waals surface area contributed by atoms with Gasteiger partial charge in [-0.1, -0.05) is 46.8 Å². The summed E-state index contributed by atoms with van der Waals surface area (Å²) < 4.78 is 0. The highest BCUT2D eigenvalue weighted by Crippen LogP contribution is 2.22. The van der Waals surface area contributed by atoms with E-state index in [1.54, 1.807) is 0 Å². The SMILES string of the molecule is Cc1csc(CNC(=O)[C@H](NC(=O)c2ccc(C(C)(C)C)cc2)C(C)C)n1. The monoisotopic (exact) mass is 387 g/mol. The van der Waals surface area contributed by atoms with E-state index in [1.165, 1.54) is 11.3 Å². The molecular formula is C21H29N3O2S. The van der Waals surface area contributed by atoms with E-state index in [9.17, 15) is 9.59 Å². The number of nitrogens with one attached hydrogen (secondary N) is 2. The number of carbonyl (C=O) groups excluding carboxylic acids is 2. The summed E-state index contributed by atoms with van der Waals surface area (Å²) in [6.45, 7) is 12.5. The van der Waals surface area contributed by atoms with Crippen molar-refractivity contribution in [3.05, 3.63) is 51.5 Å². The first kappa shape index (κ1) is 21.1. The minimum atomic E-state index is -0.596. The lowest BCUT2D eigenvalue weighted by atomic mass is 9.86. The maximum atomic E-state index is 12.6. The Balaban J connectivity index is 2.01. The van der Waals surface area contributed by atoms with Gasteiger partial charge in [0.2, 0.25) is 5.91 Å². The molecule has 0 aliphatic carbocycles. The number of nitrogens with zero attached hydrogens (tertiary/aromatic N) is 1. The Labute approximate surface area is 165 Å². The highest BCUT2D eigenvalue weighted by Gasteiger charge is 2.25. The maximum Gasteiger partial charge on any atom is 0.251 e. The molecule has 146 valence electrons. The number of hydrogen-bond donors (Lipinski definition) is 2. The predicted octanol–water partition coefficient (Wildman–Crippen LogP) is 3.82. The van der Waals surface area contributed by atoms with Crippen LogP contribution in [0.2, 0.25) is 0 Å². The summed E-state index contributed by atoms with van der Waals surface area (Å²) in [6.07, 6.45) is 0. The lowest BCUT2D eigenvalue weighted by molar-refractivity contribution is -0.124. The summed E-state index contributed by atoms with van der Waals surface area (Å²) in [6, 6.07) is 6.95. The normalized spacial score (nSPS) is 12.7. The molecule has 27 heavy (non-hydrogen) atoms.